The number of sulfonamides is 1. The van der Waals surface area contributed by atoms with Crippen LogP contribution in [0.25, 0.3) is 0 Å². The van der Waals surface area contributed by atoms with Gasteiger partial charge in [-0.2, -0.15) is 0 Å². The van der Waals surface area contributed by atoms with Crippen molar-refractivity contribution >= 4 is 21.7 Å². The number of nitrogens with two attached hydrogens (primary N) is 1. The lowest BCUT2D eigenvalue weighted by Gasteiger charge is -2.10. The molecule has 0 amide bonds. The van der Waals surface area contributed by atoms with E-state index in [1.165, 1.54) is 12.1 Å². The van der Waals surface area contributed by atoms with Crippen molar-refractivity contribution in [3.05, 3.63) is 42.2 Å². The van der Waals surface area contributed by atoms with Crippen molar-refractivity contribution in [2.45, 2.75) is 23.5 Å². The van der Waals surface area contributed by atoms with Crippen LogP contribution in [-0.2, 0) is 14.8 Å². The van der Waals surface area contributed by atoms with Crippen molar-refractivity contribution in [1.29, 1.82) is 0 Å². The Hall–Kier alpha value is -2.07. The van der Waals surface area contributed by atoms with Gasteiger partial charge in [-0.1, -0.05) is 0 Å². The molecule has 9 heteroatoms. The monoisotopic (exact) mass is 336 g/mol. The summed E-state index contributed by atoms with van der Waals surface area (Å²) in [4.78, 5) is 8.41. The number of nitrogens with one attached hydrogen (secondary N) is 1. The SMILES string of the molecule is NS(=O)(=O)c1ccc(Nc2ncc(C3CC(O)CO3)cn2)cc1. The van der Waals surface area contributed by atoms with Gasteiger partial charge in [-0.05, 0) is 24.3 Å². The number of hydrogen-bond donors (Lipinski definition) is 3. The second-order valence-electron chi connectivity index (χ2n) is 5.25. The zero-order valence-corrected chi connectivity index (χ0v) is 12.9. The molecule has 1 aromatic carbocycles. The smallest absolute Gasteiger partial charge is 0.238 e. The van der Waals surface area contributed by atoms with Crippen molar-refractivity contribution in [2.75, 3.05) is 11.9 Å². The molecular formula is C14H16N4O4S. The zero-order valence-electron chi connectivity index (χ0n) is 12.1. The zero-order chi connectivity index (χ0) is 16.4. The Labute approximate surface area is 133 Å². The molecule has 2 atom stereocenters. The summed E-state index contributed by atoms with van der Waals surface area (Å²) in [6.07, 6.45) is 3.17. The maximum absolute atomic E-state index is 11.2. The molecule has 2 aromatic rings. The predicted octanol–water partition coefficient (Wildman–Crippen LogP) is 0.690. The summed E-state index contributed by atoms with van der Waals surface area (Å²) >= 11 is 0. The number of aliphatic hydroxyl groups is 1. The second kappa shape index (κ2) is 6.20. The highest BCUT2D eigenvalue weighted by atomic mass is 32.2. The summed E-state index contributed by atoms with van der Waals surface area (Å²) < 4.78 is 27.8. The van der Waals surface area contributed by atoms with E-state index >= 15 is 0 Å². The van der Waals surface area contributed by atoms with E-state index in [0.717, 1.165) is 5.56 Å². The Morgan fingerprint density at radius 1 is 1.22 bits per heavy atom. The molecule has 2 heterocycles. The molecule has 1 aliphatic rings. The fourth-order valence-electron chi connectivity index (χ4n) is 2.27. The van der Waals surface area contributed by atoms with Gasteiger partial charge in [0.05, 0.1) is 23.7 Å². The third kappa shape index (κ3) is 3.82. The van der Waals surface area contributed by atoms with Crippen LogP contribution in [0.1, 0.15) is 18.1 Å². The fraction of sp³-hybridized carbons (Fsp3) is 0.286. The Bertz CT molecular complexity index is 777. The molecule has 1 saturated heterocycles. The van der Waals surface area contributed by atoms with Crippen molar-refractivity contribution in [3.8, 4) is 0 Å². The van der Waals surface area contributed by atoms with E-state index in [2.05, 4.69) is 15.3 Å². The quantitative estimate of drug-likeness (QED) is 0.749. The molecule has 0 saturated carbocycles. The van der Waals surface area contributed by atoms with Crippen LogP contribution in [0.5, 0.6) is 0 Å². The van der Waals surface area contributed by atoms with E-state index in [0.29, 0.717) is 24.7 Å². The normalized spacial score (nSPS) is 21.3. The Morgan fingerprint density at radius 2 is 1.87 bits per heavy atom. The third-order valence-corrected chi connectivity index (χ3v) is 4.39. The molecule has 1 aliphatic heterocycles. The standard InChI is InChI=1S/C14H16N4O4S/c15-23(20,21)12-3-1-10(2-4-12)18-14-16-6-9(7-17-14)13-5-11(19)8-22-13/h1-4,6-7,11,13,19H,5,8H2,(H2,15,20,21)(H,16,17,18). The van der Waals surface area contributed by atoms with E-state index in [9.17, 15) is 13.5 Å². The lowest BCUT2D eigenvalue weighted by atomic mass is 10.1. The average molecular weight is 336 g/mol. The number of rotatable bonds is 4. The van der Waals surface area contributed by atoms with Gasteiger partial charge in [0, 0.05) is 30.1 Å². The maximum Gasteiger partial charge on any atom is 0.238 e. The van der Waals surface area contributed by atoms with E-state index in [-0.39, 0.29) is 11.0 Å². The third-order valence-electron chi connectivity index (χ3n) is 3.46. The number of benzene rings is 1. The van der Waals surface area contributed by atoms with Gasteiger partial charge in [0.25, 0.3) is 0 Å². The van der Waals surface area contributed by atoms with Gasteiger partial charge in [0.15, 0.2) is 0 Å². The van der Waals surface area contributed by atoms with Crippen LogP contribution in [0.15, 0.2) is 41.6 Å². The van der Waals surface area contributed by atoms with E-state index in [1.807, 2.05) is 0 Å². The van der Waals surface area contributed by atoms with Gasteiger partial charge in [-0.25, -0.2) is 23.5 Å². The van der Waals surface area contributed by atoms with Gasteiger partial charge in [0.1, 0.15) is 0 Å². The molecule has 4 N–H and O–H groups in total. The number of ether oxygens (including phenoxy) is 1. The molecule has 0 radical (unpaired) electrons. The summed E-state index contributed by atoms with van der Waals surface area (Å²) in [6.45, 7) is 0.321. The van der Waals surface area contributed by atoms with Crippen molar-refractivity contribution in [2.24, 2.45) is 5.14 Å². The number of primary sulfonamides is 1. The first-order valence-electron chi connectivity index (χ1n) is 6.93. The molecule has 0 aliphatic carbocycles. The Balaban J connectivity index is 1.68. The molecular weight excluding hydrogens is 320 g/mol. The van der Waals surface area contributed by atoms with Gasteiger partial charge < -0.3 is 15.2 Å². The summed E-state index contributed by atoms with van der Waals surface area (Å²) in [5, 5.41) is 17.5. The molecule has 2 unspecified atom stereocenters. The number of aromatic nitrogens is 2. The number of hydrogen-bond acceptors (Lipinski definition) is 7. The van der Waals surface area contributed by atoms with Crippen LogP contribution in [0.4, 0.5) is 11.6 Å². The second-order valence-corrected chi connectivity index (χ2v) is 6.81. The minimum atomic E-state index is -3.71. The molecule has 8 nitrogen and oxygen atoms in total. The maximum atomic E-state index is 11.2. The lowest BCUT2D eigenvalue weighted by Crippen LogP contribution is -2.11. The largest absolute Gasteiger partial charge is 0.391 e. The number of aliphatic hydroxyl groups excluding tert-OH is 1. The fourth-order valence-corrected chi connectivity index (χ4v) is 2.78. The highest BCUT2D eigenvalue weighted by molar-refractivity contribution is 7.89. The van der Waals surface area contributed by atoms with Gasteiger partial charge in [-0.3, -0.25) is 0 Å². The minimum absolute atomic E-state index is 0.0382. The average Bonchev–Trinajstić information content (AvgIpc) is 2.94. The Morgan fingerprint density at radius 3 is 2.39 bits per heavy atom. The van der Waals surface area contributed by atoms with Crippen LogP contribution in [0.2, 0.25) is 0 Å². The molecule has 0 bridgehead atoms. The highest BCUT2D eigenvalue weighted by Crippen LogP contribution is 2.28. The first kappa shape index (κ1) is 15.8. The van der Waals surface area contributed by atoms with Crippen molar-refractivity contribution < 1.29 is 18.3 Å². The Kier molecular flexibility index (Phi) is 4.26. The van der Waals surface area contributed by atoms with Crippen molar-refractivity contribution in [3.63, 3.8) is 0 Å². The molecule has 23 heavy (non-hydrogen) atoms. The predicted molar refractivity (Wildman–Crippen MR) is 82.4 cm³/mol. The van der Waals surface area contributed by atoms with Gasteiger partial charge >= 0.3 is 0 Å². The first-order valence-corrected chi connectivity index (χ1v) is 8.48. The van der Waals surface area contributed by atoms with E-state index in [1.54, 1.807) is 24.5 Å². The van der Waals surface area contributed by atoms with Crippen molar-refractivity contribution in [1.82, 2.24) is 9.97 Å². The number of nitrogens with zero attached hydrogens (tertiary/aromatic N) is 2. The van der Waals surface area contributed by atoms with Crippen LogP contribution in [0, 0.1) is 0 Å². The molecule has 0 spiro atoms. The number of anilines is 2. The van der Waals surface area contributed by atoms with Crippen LogP contribution in [-0.4, -0.2) is 36.2 Å². The summed E-state index contributed by atoms with van der Waals surface area (Å²) in [5.41, 5.74) is 1.44. The van der Waals surface area contributed by atoms with Crippen LogP contribution >= 0.6 is 0 Å². The first-order chi connectivity index (χ1) is 10.9. The summed E-state index contributed by atoms with van der Waals surface area (Å²) in [5.74, 6) is 0.371. The summed E-state index contributed by atoms with van der Waals surface area (Å²) in [7, 11) is -3.71. The minimum Gasteiger partial charge on any atom is -0.391 e. The molecule has 1 aromatic heterocycles. The highest BCUT2D eigenvalue weighted by Gasteiger charge is 2.25. The van der Waals surface area contributed by atoms with E-state index < -0.39 is 16.1 Å². The summed E-state index contributed by atoms with van der Waals surface area (Å²) in [6, 6.07) is 5.96. The van der Waals surface area contributed by atoms with Gasteiger partial charge in [-0.15, -0.1) is 0 Å². The lowest BCUT2D eigenvalue weighted by molar-refractivity contribution is 0.0885. The van der Waals surface area contributed by atoms with E-state index in [4.69, 9.17) is 9.88 Å². The van der Waals surface area contributed by atoms with Crippen LogP contribution < -0.4 is 10.5 Å². The van der Waals surface area contributed by atoms with Gasteiger partial charge in [0.2, 0.25) is 16.0 Å². The molecule has 122 valence electrons. The molecule has 3 rings (SSSR count). The topological polar surface area (TPSA) is 127 Å². The molecule has 1 fully saturated rings. The van der Waals surface area contributed by atoms with Crippen LogP contribution in [0.3, 0.4) is 0 Å².